The van der Waals surface area contributed by atoms with Crippen LogP contribution in [-0.4, -0.2) is 48.0 Å². The van der Waals surface area contributed by atoms with Crippen LogP contribution in [0.2, 0.25) is 0 Å². The van der Waals surface area contributed by atoms with Crippen molar-refractivity contribution in [1.82, 2.24) is 5.32 Å². The molecular formula is C10H19NO2S. The fourth-order valence-corrected chi connectivity index (χ4v) is 3.08. The Bertz CT molecular complexity index is 177. The Balaban J connectivity index is 1.70. The summed E-state index contributed by atoms with van der Waals surface area (Å²) < 4.78 is 5.20. The van der Waals surface area contributed by atoms with Crippen molar-refractivity contribution >= 4 is 11.8 Å². The van der Waals surface area contributed by atoms with E-state index in [-0.39, 0.29) is 0 Å². The van der Waals surface area contributed by atoms with Crippen LogP contribution in [0.25, 0.3) is 0 Å². The van der Waals surface area contributed by atoms with Crippen molar-refractivity contribution in [1.29, 1.82) is 0 Å². The molecule has 2 heterocycles. The normalized spacial score (nSPS) is 38.8. The van der Waals surface area contributed by atoms with Gasteiger partial charge in [-0.25, -0.2) is 0 Å². The molecule has 0 aromatic heterocycles. The topological polar surface area (TPSA) is 41.5 Å². The second-order valence-electron chi connectivity index (χ2n) is 4.32. The van der Waals surface area contributed by atoms with Gasteiger partial charge in [0.2, 0.25) is 0 Å². The molecule has 2 unspecified atom stereocenters. The molecule has 2 rings (SSSR count). The molecule has 14 heavy (non-hydrogen) atoms. The van der Waals surface area contributed by atoms with Crippen LogP contribution >= 0.6 is 11.8 Å². The molecule has 0 bridgehead atoms. The first-order valence-corrected chi connectivity index (χ1v) is 6.55. The molecule has 2 aliphatic heterocycles. The number of hydrogen-bond acceptors (Lipinski definition) is 4. The highest BCUT2D eigenvalue weighted by atomic mass is 32.2. The fourth-order valence-electron chi connectivity index (χ4n) is 1.97. The minimum atomic E-state index is -0.595. The van der Waals surface area contributed by atoms with Crippen LogP contribution in [0.4, 0.5) is 0 Å². The van der Waals surface area contributed by atoms with Gasteiger partial charge in [-0.3, -0.25) is 0 Å². The van der Waals surface area contributed by atoms with Gasteiger partial charge in [-0.1, -0.05) is 0 Å². The smallest absolute Gasteiger partial charge is 0.102 e. The highest BCUT2D eigenvalue weighted by molar-refractivity contribution is 7.99. The van der Waals surface area contributed by atoms with Crippen LogP contribution in [0, 0.1) is 0 Å². The van der Waals surface area contributed by atoms with Crippen LogP contribution in [-0.2, 0) is 4.74 Å². The number of rotatable bonds is 3. The van der Waals surface area contributed by atoms with Gasteiger partial charge in [-0.15, -0.1) is 0 Å². The monoisotopic (exact) mass is 217 g/mol. The van der Waals surface area contributed by atoms with Gasteiger partial charge >= 0.3 is 0 Å². The molecule has 3 nitrogen and oxygen atoms in total. The molecule has 4 heteroatoms. The van der Waals surface area contributed by atoms with Gasteiger partial charge in [-0.2, -0.15) is 11.8 Å². The van der Waals surface area contributed by atoms with E-state index in [4.69, 9.17) is 4.74 Å². The first-order chi connectivity index (χ1) is 6.79. The Morgan fingerprint density at radius 1 is 1.57 bits per heavy atom. The third kappa shape index (κ3) is 2.86. The molecule has 0 saturated carbocycles. The molecule has 0 amide bonds. The molecule has 0 radical (unpaired) electrons. The minimum Gasteiger partial charge on any atom is -0.386 e. The molecule has 0 aromatic rings. The van der Waals surface area contributed by atoms with Crippen molar-refractivity contribution in [3.8, 4) is 0 Å². The maximum absolute atomic E-state index is 10.0. The number of ether oxygens (including phenoxy) is 1. The van der Waals surface area contributed by atoms with Gasteiger partial charge in [0.1, 0.15) is 5.60 Å². The molecule has 2 fully saturated rings. The van der Waals surface area contributed by atoms with E-state index in [9.17, 15) is 5.11 Å². The van der Waals surface area contributed by atoms with Crippen LogP contribution < -0.4 is 5.32 Å². The summed E-state index contributed by atoms with van der Waals surface area (Å²) >= 11 is 2.01. The van der Waals surface area contributed by atoms with Crippen molar-refractivity contribution in [3.05, 3.63) is 0 Å². The van der Waals surface area contributed by atoms with Gasteiger partial charge in [-0.05, 0) is 18.6 Å². The van der Waals surface area contributed by atoms with Crippen molar-refractivity contribution < 1.29 is 9.84 Å². The highest BCUT2D eigenvalue weighted by Crippen LogP contribution is 2.20. The summed E-state index contributed by atoms with van der Waals surface area (Å²) in [5.41, 5.74) is -0.595. The van der Waals surface area contributed by atoms with E-state index < -0.39 is 5.60 Å². The van der Waals surface area contributed by atoms with Gasteiger partial charge in [0.05, 0.1) is 6.61 Å². The molecule has 2 saturated heterocycles. The predicted molar refractivity (Wildman–Crippen MR) is 58.7 cm³/mol. The maximum Gasteiger partial charge on any atom is 0.102 e. The summed E-state index contributed by atoms with van der Waals surface area (Å²) in [6.07, 6.45) is 3.33. The molecule has 82 valence electrons. The summed E-state index contributed by atoms with van der Waals surface area (Å²) in [7, 11) is 0. The first-order valence-electron chi connectivity index (χ1n) is 5.40. The molecule has 2 atom stereocenters. The largest absolute Gasteiger partial charge is 0.386 e. The van der Waals surface area contributed by atoms with Crippen molar-refractivity contribution in [3.63, 3.8) is 0 Å². The molecule has 2 N–H and O–H groups in total. The van der Waals surface area contributed by atoms with Crippen molar-refractivity contribution in [2.24, 2.45) is 0 Å². The van der Waals surface area contributed by atoms with E-state index in [1.54, 1.807) is 0 Å². The quantitative estimate of drug-likeness (QED) is 0.727. The lowest BCUT2D eigenvalue weighted by atomic mass is 10.0. The zero-order chi connectivity index (χ0) is 9.86. The van der Waals surface area contributed by atoms with Gasteiger partial charge in [0.25, 0.3) is 0 Å². The summed E-state index contributed by atoms with van der Waals surface area (Å²) in [6.45, 7) is 1.90. The predicted octanol–water partition coefficient (Wildman–Crippen LogP) is 0.623. The van der Waals surface area contributed by atoms with Crippen molar-refractivity contribution in [2.75, 3.05) is 31.3 Å². The molecule has 0 spiro atoms. The van der Waals surface area contributed by atoms with E-state index in [0.717, 1.165) is 6.42 Å². The third-order valence-corrected chi connectivity index (χ3v) is 4.18. The SMILES string of the molecule is OC1(CNC2CCCSC2)CCOC1. The Morgan fingerprint density at radius 3 is 3.14 bits per heavy atom. The zero-order valence-electron chi connectivity index (χ0n) is 8.50. The lowest BCUT2D eigenvalue weighted by Gasteiger charge is -2.27. The molecule has 0 aliphatic carbocycles. The Morgan fingerprint density at radius 2 is 2.50 bits per heavy atom. The van der Waals surface area contributed by atoms with E-state index in [0.29, 0.717) is 25.8 Å². The van der Waals surface area contributed by atoms with E-state index in [1.165, 1.54) is 24.3 Å². The van der Waals surface area contributed by atoms with Gasteiger partial charge in [0.15, 0.2) is 0 Å². The summed E-state index contributed by atoms with van der Waals surface area (Å²) in [6, 6.07) is 0.596. The summed E-state index contributed by atoms with van der Waals surface area (Å²) in [5, 5.41) is 13.5. The molecule has 0 aromatic carbocycles. The second kappa shape index (κ2) is 4.84. The van der Waals surface area contributed by atoms with Crippen LogP contribution in [0.15, 0.2) is 0 Å². The number of aliphatic hydroxyl groups is 1. The average Bonchev–Trinajstić information content (AvgIpc) is 2.65. The van der Waals surface area contributed by atoms with E-state index in [2.05, 4.69) is 5.32 Å². The van der Waals surface area contributed by atoms with Crippen LogP contribution in [0.1, 0.15) is 19.3 Å². The van der Waals surface area contributed by atoms with Gasteiger partial charge < -0.3 is 15.2 Å². The van der Waals surface area contributed by atoms with E-state index >= 15 is 0 Å². The minimum absolute atomic E-state index is 0.500. The molecule has 2 aliphatic rings. The summed E-state index contributed by atoms with van der Waals surface area (Å²) in [5.74, 6) is 2.49. The maximum atomic E-state index is 10.0. The fraction of sp³-hybridized carbons (Fsp3) is 1.00. The lowest BCUT2D eigenvalue weighted by Crippen LogP contribution is -2.46. The summed E-state index contributed by atoms with van der Waals surface area (Å²) in [4.78, 5) is 0. The Labute approximate surface area is 89.6 Å². The average molecular weight is 217 g/mol. The second-order valence-corrected chi connectivity index (χ2v) is 5.47. The van der Waals surface area contributed by atoms with Crippen molar-refractivity contribution in [2.45, 2.75) is 30.9 Å². The lowest BCUT2D eigenvalue weighted by molar-refractivity contribution is 0.0251. The Kier molecular flexibility index (Phi) is 3.71. The van der Waals surface area contributed by atoms with E-state index in [1.807, 2.05) is 11.8 Å². The first kappa shape index (κ1) is 10.7. The van der Waals surface area contributed by atoms with Crippen LogP contribution in [0.5, 0.6) is 0 Å². The zero-order valence-corrected chi connectivity index (χ0v) is 9.31. The number of nitrogens with one attached hydrogen (secondary N) is 1. The number of thioether (sulfide) groups is 1. The Hall–Kier alpha value is 0.230. The number of hydrogen-bond donors (Lipinski definition) is 2. The third-order valence-electron chi connectivity index (χ3n) is 2.96. The highest BCUT2D eigenvalue weighted by Gasteiger charge is 2.32. The van der Waals surface area contributed by atoms with Crippen LogP contribution in [0.3, 0.4) is 0 Å². The standard InChI is InChI=1S/C10H19NO2S/c12-10(3-4-13-8-10)7-11-9-2-1-5-14-6-9/h9,11-12H,1-8H2. The molecular weight excluding hydrogens is 198 g/mol. The van der Waals surface area contributed by atoms with Gasteiger partial charge in [0, 0.05) is 31.4 Å².